The summed E-state index contributed by atoms with van der Waals surface area (Å²) in [4.78, 5) is 53.9. The van der Waals surface area contributed by atoms with Crippen LogP contribution in [0.25, 0.3) is 0 Å². The molecule has 3 amide bonds. The van der Waals surface area contributed by atoms with E-state index >= 15 is 0 Å². The molecular weight excluding hydrogens is 520 g/mol. The first-order valence-corrected chi connectivity index (χ1v) is 15.5. The zero-order chi connectivity index (χ0) is 31.8. The molecule has 2 fully saturated rings. The Hall–Kier alpha value is -2.42. The Labute approximate surface area is 250 Å². The van der Waals surface area contributed by atoms with Gasteiger partial charge in [-0.1, -0.05) is 46.6 Å². The Morgan fingerprint density at radius 1 is 1.00 bits per heavy atom. The van der Waals surface area contributed by atoms with Crippen molar-refractivity contribution in [2.45, 2.75) is 131 Å². The van der Waals surface area contributed by atoms with Crippen LogP contribution in [0.2, 0.25) is 0 Å². The fourth-order valence-corrected chi connectivity index (χ4v) is 4.78. The van der Waals surface area contributed by atoms with E-state index in [0.29, 0.717) is 24.9 Å². The molecule has 9 nitrogen and oxygen atoms in total. The van der Waals surface area contributed by atoms with Gasteiger partial charge in [0.1, 0.15) is 11.6 Å². The van der Waals surface area contributed by atoms with E-state index < -0.39 is 11.6 Å². The molecule has 41 heavy (non-hydrogen) atoms. The average molecular weight is 581 g/mol. The number of ether oxygens (including phenoxy) is 1. The minimum atomic E-state index is -0.610. The minimum absolute atomic E-state index is 0.0585. The summed E-state index contributed by atoms with van der Waals surface area (Å²) in [5.74, 6) is -0.803. The second-order valence-corrected chi connectivity index (χ2v) is 12.7. The lowest BCUT2D eigenvalue weighted by molar-refractivity contribution is -0.162. The number of piperidine rings is 1. The number of carbonyl (C=O) groups is 4. The number of esters is 1. The first-order chi connectivity index (χ1) is 19.1. The number of likely N-dealkylation sites (tertiary alicyclic amines) is 2. The summed E-state index contributed by atoms with van der Waals surface area (Å²) >= 11 is 0. The highest BCUT2D eigenvalue weighted by atomic mass is 16.6. The van der Waals surface area contributed by atoms with E-state index in [1.165, 1.54) is 43.7 Å². The average Bonchev–Trinajstić information content (AvgIpc) is 3.40. The lowest BCUT2D eigenvalue weighted by Crippen LogP contribution is -2.45. The van der Waals surface area contributed by atoms with Crippen molar-refractivity contribution < 1.29 is 23.9 Å². The van der Waals surface area contributed by atoms with Gasteiger partial charge in [-0.3, -0.25) is 14.4 Å². The Morgan fingerprint density at radius 2 is 1.56 bits per heavy atom. The Morgan fingerprint density at radius 3 is 2.00 bits per heavy atom. The fraction of sp³-hybridized carbons (Fsp3) is 0.812. The summed E-state index contributed by atoms with van der Waals surface area (Å²) < 4.78 is 5.47. The number of likely N-dealkylation sites (N-methyl/N-ethyl adjacent to an activating group) is 1. The van der Waals surface area contributed by atoms with Crippen LogP contribution in [-0.4, -0.2) is 95.8 Å². The van der Waals surface area contributed by atoms with Gasteiger partial charge >= 0.3 is 5.97 Å². The van der Waals surface area contributed by atoms with E-state index in [9.17, 15) is 19.2 Å². The normalized spacial score (nSPS) is 18.5. The molecule has 2 aliphatic heterocycles. The SMILES string of the molecule is C/C(=C\[C@H](C(C)C)N(C)C(=O)CNC=O)C(=O)N1CCC[C@H]1C(=O)OC(C)(C)C.CC(C)N1CCCCC1.CCC. The van der Waals surface area contributed by atoms with Crippen molar-refractivity contribution >= 4 is 24.2 Å². The van der Waals surface area contributed by atoms with Crippen LogP contribution >= 0.6 is 0 Å². The highest BCUT2D eigenvalue weighted by Crippen LogP contribution is 2.24. The molecule has 0 aromatic carbocycles. The maximum atomic E-state index is 13.0. The van der Waals surface area contributed by atoms with E-state index in [-0.39, 0.29) is 36.3 Å². The summed E-state index contributed by atoms with van der Waals surface area (Å²) in [7, 11) is 1.65. The third-order valence-corrected chi connectivity index (χ3v) is 6.93. The van der Waals surface area contributed by atoms with Gasteiger partial charge < -0.3 is 24.8 Å². The van der Waals surface area contributed by atoms with Crippen molar-refractivity contribution in [1.82, 2.24) is 20.0 Å². The number of hydrogen-bond acceptors (Lipinski definition) is 6. The van der Waals surface area contributed by atoms with E-state index in [0.717, 1.165) is 12.5 Å². The lowest BCUT2D eigenvalue weighted by atomic mass is 9.99. The van der Waals surface area contributed by atoms with E-state index in [1.54, 1.807) is 45.7 Å². The fourth-order valence-electron chi connectivity index (χ4n) is 4.78. The molecule has 0 unspecified atom stereocenters. The van der Waals surface area contributed by atoms with E-state index in [4.69, 9.17) is 4.74 Å². The number of nitrogens with zero attached hydrogens (tertiary/aromatic N) is 3. The first-order valence-electron chi connectivity index (χ1n) is 15.5. The molecule has 2 atom stereocenters. The van der Waals surface area contributed by atoms with E-state index in [2.05, 4.69) is 37.9 Å². The maximum Gasteiger partial charge on any atom is 0.329 e. The summed E-state index contributed by atoms with van der Waals surface area (Å²) in [6.07, 6.45) is 9.09. The Kier molecular flexibility index (Phi) is 18.5. The van der Waals surface area contributed by atoms with Gasteiger partial charge in [-0.2, -0.15) is 0 Å². The van der Waals surface area contributed by atoms with Gasteiger partial charge in [-0.25, -0.2) is 4.79 Å². The van der Waals surface area contributed by atoms with Gasteiger partial charge in [-0.15, -0.1) is 0 Å². The number of rotatable bonds is 9. The van der Waals surface area contributed by atoms with Crippen LogP contribution < -0.4 is 5.32 Å². The molecule has 2 rings (SSSR count). The third-order valence-electron chi connectivity index (χ3n) is 6.93. The zero-order valence-corrected chi connectivity index (χ0v) is 27.9. The van der Waals surface area contributed by atoms with Crippen LogP contribution in [0.4, 0.5) is 0 Å². The van der Waals surface area contributed by atoms with Gasteiger partial charge in [0.15, 0.2) is 0 Å². The summed E-state index contributed by atoms with van der Waals surface area (Å²) in [5.41, 5.74) is -0.136. The predicted molar refractivity (Wildman–Crippen MR) is 166 cm³/mol. The molecule has 0 radical (unpaired) electrons. The predicted octanol–water partition coefficient (Wildman–Crippen LogP) is 4.79. The topological polar surface area (TPSA) is 99.3 Å². The van der Waals surface area contributed by atoms with Gasteiger partial charge in [0.25, 0.3) is 0 Å². The Balaban J connectivity index is 0.00000110. The molecule has 0 aliphatic carbocycles. The first kappa shape index (κ1) is 38.6. The molecule has 238 valence electrons. The van der Waals surface area contributed by atoms with Gasteiger partial charge in [0.05, 0.1) is 12.6 Å². The molecule has 2 saturated heterocycles. The summed E-state index contributed by atoms with van der Waals surface area (Å²) in [6, 6.07) is -0.133. The summed E-state index contributed by atoms with van der Waals surface area (Å²) in [6.45, 7) is 22.9. The van der Waals surface area contributed by atoms with Gasteiger partial charge in [0, 0.05) is 25.2 Å². The number of carbonyl (C=O) groups excluding carboxylic acids is 4. The van der Waals surface area contributed by atoms with Crippen molar-refractivity contribution in [3.05, 3.63) is 11.6 Å². The van der Waals surface area contributed by atoms with Crippen LogP contribution in [0.5, 0.6) is 0 Å². The summed E-state index contributed by atoms with van der Waals surface area (Å²) in [5, 5.41) is 2.36. The molecule has 2 aliphatic rings. The van der Waals surface area contributed by atoms with E-state index in [1.807, 2.05) is 13.8 Å². The van der Waals surface area contributed by atoms with Crippen molar-refractivity contribution in [2.75, 3.05) is 33.2 Å². The molecule has 0 spiro atoms. The lowest BCUT2D eigenvalue weighted by Gasteiger charge is -2.31. The molecule has 1 N–H and O–H groups in total. The van der Waals surface area contributed by atoms with Crippen molar-refractivity contribution in [3.8, 4) is 0 Å². The van der Waals surface area contributed by atoms with Crippen LogP contribution in [0.15, 0.2) is 11.6 Å². The highest BCUT2D eigenvalue weighted by Gasteiger charge is 2.37. The number of amides is 3. The zero-order valence-electron chi connectivity index (χ0n) is 27.9. The second-order valence-electron chi connectivity index (χ2n) is 12.7. The maximum absolute atomic E-state index is 13.0. The van der Waals surface area contributed by atoms with Crippen LogP contribution in [0, 0.1) is 5.92 Å². The van der Waals surface area contributed by atoms with Gasteiger partial charge in [0.2, 0.25) is 18.2 Å². The van der Waals surface area contributed by atoms with Crippen LogP contribution in [0.3, 0.4) is 0 Å². The molecule has 9 heteroatoms. The standard InChI is InChI=1S/C21H35N3O5.C8H17N.C3H8/c1-14(2)17(23(7)18(26)12-22-13-25)11-15(3)19(27)24-10-8-9-16(24)20(28)29-21(4,5)6;1-8(2)9-6-4-3-5-7-9;1-3-2/h11,13-14,16-17H,8-10,12H2,1-7H3,(H,22,25);8H,3-7H2,1-2H3;3H2,1-2H3/b15-11+;;/t16-,17+;;/m0../s1. The largest absolute Gasteiger partial charge is 0.458 e. The highest BCUT2D eigenvalue weighted by molar-refractivity contribution is 5.96. The quantitative estimate of drug-likeness (QED) is 0.239. The second kappa shape index (κ2) is 19.7. The monoisotopic (exact) mass is 580 g/mol. The molecule has 0 saturated carbocycles. The third kappa shape index (κ3) is 14.9. The molecule has 0 aromatic rings. The number of nitrogens with one attached hydrogen (secondary N) is 1. The number of hydrogen-bond donors (Lipinski definition) is 1. The minimum Gasteiger partial charge on any atom is -0.458 e. The van der Waals surface area contributed by atoms with Crippen LogP contribution in [0.1, 0.15) is 108 Å². The van der Waals surface area contributed by atoms with Gasteiger partial charge in [-0.05, 0) is 86.2 Å². The van der Waals surface area contributed by atoms with Crippen molar-refractivity contribution in [1.29, 1.82) is 0 Å². The Bertz CT molecular complexity index is 828. The van der Waals surface area contributed by atoms with Crippen LogP contribution in [-0.2, 0) is 23.9 Å². The smallest absolute Gasteiger partial charge is 0.329 e. The van der Waals surface area contributed by atoms with Crippen molar-refractivity contribution in [3.63, 3.8) is 0 Å². The molecular formula is C32H60N4O5. The van der Waals surface area contributed by atoms with Crippen molar-refractivity contribution in [2.24, 2.45) is 5.92 Å². The molecule has 0 bridgehead atoms. The molecule has 2 heterocycles. The molecule has 0 aromatic heterocycles.